The van der Waals surface area contributed by atoms with Gasteiger partial charge in [-0.3, -0.25) is 0 Å². The molecule has 41 heavy (non-hydrogen) atoms. The lowest BCUT2D eigenvalue weighted by Crippen LogP contribution is -2.40. The molecule has 1 aliphatic carbocycles. The van der Waals surface area contributed by atoms with Crippen LogP contribution in [-0.2, 0) is 5.60 Å². The average molecular weight is 560 g/mol. The van der Waals surface area contributed by atoms with E-state index in [-0.39, 0.29) is 5.82 Å². The zero-order valence-corrected chi connectivity index (χ0v) is 24.1. The van der Waals surface area contributed by atoms with Crippen molar-refractivity contribution in [2.24, 2.45) is 0 Å². The molecule has 1 aliphatic rings. The predicted molar refractivity (Wildman–Crippen MR) is 154 cm³/mol. The fourth-order valence-corrected chi connectivity index (χ4v) is 5.76. The fourth-order valence-electron chi connectivity index (χ4n) is 5.76. The van der Waals surface area contributed by atoms with Crippen molar-refractivity contribution in [1.29, 1.82) is 0 Å². The summed E-state index contributed by atoms with van der Waals surface area (Å²) >= 11 is 0. The van der Waals surface area contributed by atoms with Crippen LogP contribution < -0.4 is 18.9 Å². The SMILES string of the molecule is COc1cc2c(c(OC)n1)-c1c(OC)cccc1C(c1cc(-c3ccccc3F)cnc1OC)C2(O)CCN(C)C. The molecule has 0 saturated carbocycles. The first kappa shape index (κ1) is 28.3. The summed E-state index contributed by atoms with van der Waals surface area (Å²) < 4.78 is 37.8. The Kier molecular flexibility index (Phi) is 7.84. The second kappa shape index (κ2) is 11.3. The highest BCUT2D eigenvalue weighted by atomic mass is 19.1. The summed E-state index contributed by atoms with van der Waals surface area (Å²) in [5, 5.41) is 13.0. The van der Waals surface area contributed by atoms with Gasteiger partial charge < -0.3 is 29.0 Å². The number of rotatable bonds is 9. The second-order valence-electron chi connectivity index (χ2n) is 10.2. The Morgan fingerprint density at radius 1 is 0.878 bits per heavy atom. The van der Waals surface area contributed by atoms with Crippen LogP contribution in [0.2, 0.25) is 0 Å². The van der Waals surface area contributed by atoms with Crippen molar-refractivity contribution in [3.05, 3.63) is 83.3 Å². The van der Waals surface area contributed by atoms with E-state index in [9.17, 15) is 9.50 Å². The van der Waals surface area contributed by atoms with Crippen LogP contribution in [0.25, 0.3) is 22.3 Å². The third-order valence-corrected chi connectivity index (χ3v) is 7.66. The smallest absolute Gasteiger partial charge is 0.224 e. The first-order valence-electron chi connectivity index (χ1n) is 13.2. The number of ether oxygens (including phenoxy) is 4. The largest absolute Gasteiger partial charge is 0.496 e. The highest BCUT2D eigenvalue weighted by molar-refractivity contribution is 5.86. The van der Waals surface area contributed by atoms with Crippen LogP contribution in [0.4, 0.5) is 4.39 Å². The van der Waals surface area contributed by atoms with Gasteiger partial charge in [0.15, 0.2) is 0 Å². The molecule has 0 amide bonds. The van der Waals surface area contributed by atoms with Crippen molar-refractivity contribution in [1.82, 2.24) is 14.9 Å². The van der Waals surface area contributed by atoms with Gasteiger partial charge in [0.25, 0.3) is 0 Å². The lowest BCUT2D eigenvalue weighted by molar-refractivity contribution is 0.00213. The van der Waals surface area contributed by atoms with Crippen molar-refractivity contribution in [2.45, 2.75) is 17.9 Å². The number of pyridine rings is 2. The van der Waals surface area contributed by atoms with E-state index in [2.05, 4.69) is 9.97 Å². The molecule has 4 aromatic rings. The van der Waals surface area contributed by atoms with E-state index in [0.29, 0.717) is 64.2 Å². The number of hydrogen-bond acceptors (Lipinski definition) is 8. The van der Waals surface area contributed by atoms with Crippen LogP contribution in [0.5, 0.6) is 23.4 Å². The molecule has 2 unspecified atom stereocenters. The number of benzene rings is 2. The van der Waals surface area contributed by atoms with Crippen LogP contribution >= 0.6 is 0 Å². The average Bonchev–Trinajstić information content (AvgIpc) is 2.99. The van der Waals surface area contributed by atoms with Crippen LogP contribution in [0, 0.1) is 5.82 Å². The number of aliphatic hydroxyl groups is 1. The Hall–Kier alpha value is -4.21. The molecule has 2 heterocycles. The summed E-state index contributed by atoms with van der Waals surface area (Å²) in [5.74, 6) is 0.452. The molecule has 0 saturated heterocycles. The summed E-state index contributed by atoms with van der Waals surface area (Å²) in [7, 11) is 10.1. The Bertz CT molecular complexity index is 1580. The van der Waals surface area contributed by atoms with Gasteiger partial charge in [0.1, 0.15) is 17.2 Å². The van der Waals surface area contributed by atoms with E-state index in [0.717, 1.165) is 11.1 Å². The molecular weight excluding hydrogens is 525 g/mol. The van der Waals surface area contributed by atoms with Crippen molar-refractivity contribution in [3.8, 4) is 45.6 Å². The van der Waals surface area contributed by atoms with Crippen LogP contribution in [0.3, 0.4) is 0 Å². The number of aromatic nitrogens is 2. The molecule has 8 nitrogen and oxygen atoms in total. The summed E-state index contributed by atoms with van der Waals surface area (Å²) in [6.45, 7) is 0.557. The predicted octanol–water partition coefficient (Wildman–Crippen LogP) is 5.27. The standard InChI is InChI=1S/C32H34FN3O5/c1-36(2)15-14-32(37)23-17-26(39-4)35-31(41-6)28(23)27-21(11-9-13-25(27)38-3)29(32)22-16-19(18-34-30(22)40-5)20-10-7-8-12-24(20)33/h7-13,16-18,29,37H,14-15H2,1-6H3. The van der Waals surface area contributed by atoms with Crippen molar-refractivity contribution >= 4 is 0 Å². The first-order valence-corrected chi connectivity index (χ1v) is 13.2. The van der Waals surface area contributed by atoms with Gasteiger partial charge in [-0.2, -0.15) is 4.98 Å². The first-order chi connectivity index (χ1) is 19.8. The second-order valence-corrected chi connectivity index (χ2v) is 10.2. The van der Waals surface area contributed by atoms with Gasteiger partial charge in [0.05, 0.1) is 34.0 Å². The fraction of sp³-hybridized carbons (Fsp3) is 0.312. The lowest BCUT2D eigenvalue weighted by atomic mass is 9.64. The summed E-state index contributed by atoms with van der Waals surface area (Å²) in [6, 6.07) is 15.8. The Morgan fingerprint density at radius 3 is 2.29 bits per heavy atom. The van der Waals surface area contributed by atoms with E-state index in [1.165, 1.54) is 27.4 Å². The zero-order chi connectivity index (χ0) is 29.3. The Morgan fingerprint density at radius 2 is 1.63 bits per heavy atom. The van der Waals surface area contributed by atoms with Gasteiger partial charge >= 0.3 is 0 Å². The molecule has 5 rings (SSSR count). The molecule has 9 heteroatoms. The highest BCUT2D eigenvalue weighted by Gasteiger charge is 2.50. The molecule has 0 aliphatic heterocycles. The van der Waals surface area contributed by atoms with Crippen molar-refractivity contribution in [2.75, 3.05) is 49.1 Å². The number of methoxy groups -OCH3 is 4. The van der Waals surface area contributed by atoms with E-state index in [1.807, 2.05) is 43.3 Å². The van der Waals surface area contributed by atoms with Crippen molar-refractivity contribution < 1.29 is 28.4 Å². The molecule has 0 bridgehead atoms. The zero-order valence-electron chi connectivity index (χ0n) is 24.1. The molecule has 214 valence electrons. The van der Waals surface area contributed by atoms with E-state index in [4.69, 9.17) is 18.9 Å². The van der Waals surface area contributed by atoms with E-state index < -0.39 is 11.5 Å². The number of nitrogens with zero attached hydrogens (tertiary/aromatic N) is 3. The molecular formula is C32H34FN3O5. The van der Waals surface area contributed by atoms with Crippen molar-refractivity contribution in [3.63, 3.8) is 0 Å². The number of halogens is 1. The molecule has 2 aromatic carbocycles. The lowest BCUT2D eigenvalue weighted by Gasteiger charge is -2.44. The van der Waals surface area contributed by atoms with Gasteiger partial charge in [-0.1, -0.05) is 30.3 Å². The molecule has 0 radical (unpaired) electrons. The maximum absolute atomic E-state index is 14.9. The molecule has 2 aromatic heterocycles. The third kappa shape index (κ3) is 4.85. The van der Waals surface area contributed by atoms with Crippen LogP contribution in [-0.4, -0.2) is 69.1 Å². The van der Waals surface area contributed by atoms with Gasteiger partial charge in [-0.15, -0.1) is 0 Å². The summed E-state index contributed by atoms with van der Waals surface area (Å²) in [6.07, 6.45) is 1.91. The van der Waals surface area contributed by atoms with Gasteiger partial charge in [0.2, 0.25) is 17.6 Å². The normalized spacial score (nSPS) is 17.5. The monoisotopic (exact) mass is 559 g/mol. The van der Waals surface area contributed by atoms with E-state index >= 15 is 0 Å². The summed E-state index contributed by atoms with van der Waals surface area (Å²) in [4.78, 5) is 11.1. The maximum Gasteiger partial charge on any atom is 0.224 e. The highest BCUT2D eigenvalue weighted by Crippen LogP contribution is 2.59. The molecule has 0 fully saturated rings. The number of fused-ring (bicyclic) bond motifs is 3. The van der Waals surface area contributed by atoms with Gasteiger partial charge in [-0.05, 0) is 44.3 Å². The summed E-state index contributed by atoms with van der Waals surface area (Å²) in [5.41, 5.74) is 2.75. The molecule has 1 N–H and O–H groups in total. The topological polar surface area (TPSA) is 86.2 Å². The third-order valence-electron chi connectivity index (χ3n) is 7.66. The minimum Gasteiger partial charge on any atom is -0.496 e. The van der Waals surface area contributed by atoms with E-state index in [1.54, 1.807) is 37.6 Å². The Balaban J connectivity index is 1.89. The minimum atomic E-state index is -1.51. The minimum absolute atomic E-state index is 0.297. The molecule has 0 spiro atoms. The quantitative estimate of drug-likeness (QED) is 0.297. The van der Waals surface area contributed by atoms with Gasteiger partial charge in [0, 0.05) is 52.5 Å². The Labute approximate surface area is 239 Å². The maximum atomic E-state index is 14.9. The van der Waals surface area contributed by atoms with Gasteiger partial charge in [-0.25, -0.2) is 9.37 Å². The molecule has 2 atom stereocenters. The van der Waals surface area contributed by atoms with Crippen LogP contribution in [0.1, 0.15) is 29.0 Å². The van der Waals surface area contributed by atoms with Crippen LogP contribution in [0.15, 0.2) is 60.8 Å². The number of hydrogen-bond donors (Lipinski definition) is 1.